The number of carbonyl (C=O) groups excluding carboxylic acids is 1. The van der Waals surface area contributed by atoms with E-state index in [1.807, 2.05) is 12.1 Å². The molecular formula is C11H9Br2N3OS. The van der Waals surface area contributed by atoms with E-state index >= 15 is 0 Å². The van der Waals surface area contributed by atoms with E-state index in [1.54, 1.807) is 6.07 Å². The lowest BCUT2D eigenvalue weighted by molar-refractivity contribution is 0.0767. The Kier molecular flexibility index (Phi) is 6.34. The summed E-state index contributed by atoms with van der Waals surface area (Å²) in [4.78, 5) is 14.3. The number of hydrogen-bond donors (Lipinski definition) is 0. The molecule has 0 aliphatic rings. The fourth-order valence-corrected chi connectivity index (χ4v) is 3.30. The number of carbonyl (C=O) groups is 1. The van der Waals surface area contributed by atoms with E-state index in [9.17, 15) is 4.79 Å². The lowest BCUT2D eigenvalue weighted by Crippen LogP contribution is -2.32. The molecule has 94 valence electrons. The summed E-state index contributed by atoms with van der Waals surface area (Å²) in [7, 11) is 0. The van der Waals surface area contributed by atoms with Gasteiger partial charge in [-0.25, -0.2) is 0 Å². The quantitative estimate of drug-likeness (QED) is 0.771. The third-order valence-corrected chi connectivity index (χ3v) is 5.37. The van der Waals surface area contributed by atoms with Crippen LogP contribution in [0.1, 0.15) is 22.5 Å². The average Bonchev–Trinajstić information content (AvgIpc) is 2.69. The molecule has 0 aliphatic heterocycles. The molecule has 1 amide bonds. The number of halogens is 2. The Labute approximate surface area is 126 Å². The van der Waals surface area contributed by atoms with E-state index < -0.39 is 0 Å². The largest absolute Gasteiger partial charge is 0.336 e. The first-order valence-electron chi connectivity index (χ1n) is 5.08. The molecule has 0 N–H and O–H groups in total. The first kappa shape index (κ1) is 15.2. The molecule has 0 saturated carbocycles. The second-order valence-electron chi connectivity index (χ2n) is 3.34. The number of rotatable bonds is 5. The summed E-state index contributed by atoms with van der Waals surface area (Å²) in [6, 6.07) is 5.75. The van der Waals surface area contributed by atoms with Gasteiger partial charge in [0.05, 0.1) is 33.6 Å². The van der Waals surface area contributed by atoms with E-state index in [0.717, 1.165) is 8.26 Å². The zero-order valence-electron chi connectivity index (χ0n) is 9.32. The van der Waals surface area contributed by atoms with Gasteiger partial charge in [0, 0.05) is 17.6 Å². The van der Waals surface area contributed by atoms with Gasteiger partial charge in [0.1, 0.15) is 0 Å². The molecule has 0 saturated heterocycles. The highest BCUT2D eigenvalue weighted by Crippen LogP contribution is 2.33. The Morgan fingerprint density at radius 2 is 1.83 bits per heavy atom. The maximum atomic E-state index is 12.2. The molecular weight excluding hydrogens is 382 g/mol. The molecule has 1 heterocycles. The van der Waals surface area contributed by atoms with Gasteiger partial charge in [-0.2, -0.15) is 10.5 Å². The Hall–Kier alpha value is -0.890. The highest BCUT2D eigenvalue weighted by Gasteiger charge is 2.18. The molecule has 1 aromatic heterocycles. The van der Waals surface area contributed by atoms with Gasteiger partial charge in [-0.1, -0.05) is 0 Å². The lowest BCUT2D eigenvalue weighted by atomic mass is 10.3. The van der Waals surface area contributed by atoms with Crippen LogP contribution in [0.5, 0.6) is 0 Å². The molecule has 0 aliphatic carbocycles. The van der Waals surface area contributed by atoms with E-state index in [0.29, 0.717) is 18.0 Å². The average molecular weight is 391 g/mol. The maximum absolute atomic E-state index is 12.2. The predicted molar refractivity (Wildman–Crippen MR) is 76.1 cm³/mol. The standard InChI is InChI=1S/C11H9Br2N3OS/c12-8-7-9(18-10(8)13)11(17)16(5-1-3-14)6-2-4-15/h7H,1-2,5-6H2. The van der Waals surface area contributed by atoms with Gasteiger partial charge in [-0.3, -0.25) is 4.79 Å². The van der Waals surface area contributed by atoms with Crippen LogP contribution in [-0.4, -0.2) is 23.9 Å². The lowest BCUT2D eigenvalue weighted by Gasteiger charge is -2.19. The molecule has 7 heteroatoms. The summed E-state index contributed by atoms with van der Waals surface area (Å²) in [6.45, 7) is 0.703. The summed E-state index contributed by atoms with van der Waals surface area (Å²) in [6.07, 6.45) is 0.537. The van der Waals surface area contributed by atoms with Gasteiger partial charge in [-0.15, -0.1) is 11.3 Å². The first-order chi connectivity index (χ1) is 8.60. The first-order valence-corrected chi connectivity index (χ1v) is 7.48. The Morgan fingerprint density at radius 1 is 1.28 bits per heavy atom. The van der Waals surface area contributed by atoms with Crippen LogP contribution >= 0.6 is 43.2 Å². The van der Waals surface area contributed by atoms with Crippen LogP contribution in [0.2, 0.25) is 0 Å². The third kappa shape index (κ3) is 4.09. The van der Waals surface area contributed by atoms with Crippen LogP contribution in [0, 0.1) is 22.7 Å². The molecule has 0 bridgehead atoms. The van der Waals surface area contributed by atoms with Crippen molar-refractivity contribution in [2.24, 2.45) is 0 Å². The number of amides is 1. The minimum Gasteiger partial charge on any atom is -0.336 e. The Morgan fingerprint density at radius 3 is 2.22 bits per heavy atom. The fourth-order valence-electron chi connectivity index (χ4n) is 1.29. The van der Waals surface area contributed by atoms with E-state index in [2.05, 4.69) is 31.9 Å². The van der Waals surface area contributed by atoms with Crippen molar-refractivity contribution < 1.29 is 4.79 Å². The minimum atomic E-state index is -0.142. The summed E-state index contributed by atoms with van der Waals surface area (Å²) < 4.78 is 1.68. The zero-order chi connectivity index (χ0) is 13.5. The van der Waals surface area contributed by atoms with Gasteiger partial charge in [0.15, 0.2) is 0 Å². The van der Waals surface area contributed by atoms with Crippen molar-refractivity contribution in [2.75, 3.05) is 13.1 Å². The summed E-state index contributed by atoms with van der Waals surface area (Å²) >= 11 is 7.99. The summed E-state index contributed by atoms with van der Waals surface area (Å²) in [5.41, 5.74) is 0. The van der Waals surface area contributed by atoms with Crippen molar-refractivity contribution >= 4 is 49.1 Å². The van der Waals surface area contributed by atoms with Crippen molar-refractivity contribution in [2.45, 2.75) is 12.8 Å². The van der Waals surface area contributed by atoms with Gasteiger partial charge < -0.3 is 4.90 Å². The van der Waals surface area contributed by atoms with E-state index in [-0.39, 0.29) is 18.7 Å². The van der Waals surface area contributed by atoms with Crippen molar-refractivity contribution in [1.29, 1.82) is 10.5 Å². The zero-order valence-corrected chi connectivity index (χ0v) is 13.3. The molecule has 0 fully saturated rings. The number of hydrogen-bond acceptors (Lipinski definition) is 4. The topological polar surface area (TPSA) is 67.9 Å². The Balaban J connectivity index is 2.81. The molecule has 18 heavy (non-hydrogen) atoms. The Bertz CT molecular complexity index is 478. The third-order valence-electron chi connectivity index (χ3n) is 2.13. The van der Waals surface area contributed by atoms with Crippen LogP contribution in [0.25, 0.3) is 0 Å². The molecule has 0 atom stereocenters. The van der Waals surface area contributed by atoms with Crippen LogP contribution in [0.4, 0.5) is 0 Å². The predicted octanol–water partition coefficient (Wildman–Crippen LogP) is 3.54. The molecule has 0 radical (unpaired) electrons. The number of nitrogens with zero attached hydrogens (tertiary/aromatic N) is 3. The molecule has 0 aromatic carbocycles. The molecule has 1 rings (SSSR count). The highest BCUT2D eigenvalue weighted by atomic mass is 79.9. The monoisotopic (exact) mass is 389 g/mol. The second-order valence-corrected chi connectivity index (χ2v) is 6.57. The summed E-state index contributed by atoms with van der Waals surface area (Å²) in [5, 5.41) is 17.2. The number of nitriles is 2. The maximum Gasteiger partial charge on any atom is 0.264 e. The van der Waals surface area contributed by atoms with Crippen LogP contribution in [0.15, 0.2) is 14.3 Å². The van der Waals surface area contributed by atoms with Gasteiger partial charge in [-0.05, 0) is 37.9 Å². The smallest absolute Gasteiger partial charge is 0.264 e. The molecule has 4 nitrogen and oxygen atoms in total. The van der Waals surface area contributed by atoms with Crippen molar-refractivity contribution in [3.63, 3.8) is 0 Å². The van der Waals surface area contributed by atoms with E-state index in [4.69, 9.17) is 10.5 Å². The van der Waals surface area contributed by atoms with Crippen molar-refractivity contribution in [3.8, 4) is 12.1 Å². The van der Waals surface area contributed by atoms with Crippen molar-refractivity contribution in [1.82, 2.24) is 4.90 Å². The fraction of sp³-hybridized carbons (Fsp3) is 0.364. The van der Waals surface area contributed by atoms with Crippen LogP contribution < -0.4 is 0 Å². The highest BCUT2D eigenvalue weighted by molar-refractivity contribution is 9.13. The van der Waals surface area contributed by atoms with Gasteiger partial charge in [0.2, 0.25) is 0 Å². The minimum absolute atomic E-state index is 0.142. The summed E-state index contributed by atoms with van der Waals surface area (Å²) in [5.74, 6) is -0.142. The molecule has 0 spiro atoms. The molecule has 0 unspecified atom stereocenters. The van der Waals surface area contributed by atoms with Crippen LogP contribution in [-0.2, 0) is 0 Å². The van der Waals surface area contributed by atoms with Crippen LogP contribution in [0.3, 0.4) is 0 Å². The van der Waals surface area contributed by atoms with E-state index in [1.165, 1.54) is 16.2 Å². The van der Waals surface area contributed by atoms with Crippen molar-refractivity contribution in [3.05, 3.63) is 19.2 Å². The van der Waals surface area contributed by atoms with Gasteiger partial charge in [0.25, 0.3) is 5.91 Å². The second kappa shape index (κ2) is 7.52. The SMILES string of the molecule is N#CCCN(CCC#N)C(=O)c1cc(Br)c(Br)s1. The number of thiophene rings is 1. The van der Waals surface area contributed by atoms with Gasteiger partial charge >= 0.3 is 0 Å². The molecule has 1 aromatic rings. The normalized spacial score (nSPS) is 9.56.